The summed E-state index contributed by atoms with van der Waals surface area (Å²) < 4.78 is 30.2. The van der Waals surface area contributed by atoms with Crippen molar-refractivity contribution in [3.63, 3.8) is 0 Å². The van der Waals surface area contributed by atoms with Crippen LogP contribution in [-0.2, 0) is 9.53 Å². The Labute approximate surface area is 96.6 Å². The Morgan fingerprint density at radius 2 is 1.94 bits per heavy atom. The summed E-state index contributed by atoms with van der Waals surface area (Å²) in [7, 11) is 0. The lowest BCUT2D eigenvalue weighted by Gasteiger charge is -1.97. The fourth-order valence-electron chi connectivity index (χ4n) is 1.03. The van der Waals surface area contributed by atoms with Crippen molar-refractivity contribution in [2.75, 3.05) is 6.61 Å². The molecular weight excluding hydrogens is 228 g/mol. The van der Waals surface area contributed by atoms with Gasteiger partial charge in [0, 0.05) is 11.5 Å². The zero-order valence-electron chi connectivity index (χ0n) is 8.88. The van der Waals surface area contributed by atoms with E-state index in [0.717, 1.165) is 12.1 Å². The molecule has 1 aromatic rings. The van der Waals surface area contributed by atoms with Crippen LogP contribution in [0.4, 0.5) is 8.78 Å². The van der Waals surface area contributed by atoms with Gasteiger partial charge in [-0.05, 0) is 19.1 Å². The van der Waals surface area contributed by atoms with E-state index in [9.17, 15) is 13.6 Å². The minimum absolute atomic E-state index is 0.0561. The third-order valence-electron chi connectivity index (χ3n) is 1.76. The van der Waals surface area contributed by atoms with Gasteiger partial charge in [0.2, 0.25) is 0 Å². The van der Waals surface area contributed by atoms with Gasteiger partial charge in [0.1, 0.15) is 6.07 Å². The standard InChI is InChI=1S/C12H7F2NO2/c1-2-17-12(16)4-3-8-5-10(13)11(14)6-9(8)7-15/h5-6H,2H2,1H3. The zero-order valence-corrected chi connectivity index (χ0v) is 8.88. The average molecular weight is 235 g/mol. The van der Waals surface area contributed by atoms with Crippen molar-refractivity contribution < 1.29 is 18.3 Å². The Kier molecular flexibility index (Phi) is 4.19. The van der Waals surface area contributed by atoms with Gasteiger partial charge >= 0.3 is 5.97 Å². The van der Waals surface area contributed by atoms with E-state index >= 15 is 0 Å². The molecule has 1 rings (SSSR count). The SMILES string of the molecule is CCOC(=O)C#Cc1cc(F)c(F)cc1C#N. The lowest BCUT2D eigenvalue weighted by atomic mass is 10.1. The van der Waals surface area contributed by atoms with Crippen LogP contribution >= 0.6 is 0 Å². The molecule has 0 fully saturated rings. The van der Waals surface area contributed by atoms with Gasteiger partial charge in [0.25, 0.3) is 0 Å². The largest absolute Gasteiger partial charge is 0.456 e. The van der Waals surface area contributed by atoms with Gasteiger partial charge in [0.05, 0.1) is 12.2 Å². The summed E-state index contributed by atoms with van der Waals surface area (Å²) >= 11 is 0. The Morgan fingerprint density at radius 3 is 2.47 bits per heavy atom. The van der Waals surface area contributed by atoms with Crippen LogP contribution in [0.5, 0.6) is 0 Å². The predicted octanol–water partition coefficient (Wildman–Crippen LogP) is 1.75. The Hall–Kier alpha value is -2.40. The number of esters is 1. The zero-order chi connectivity index (χ0) is 12.8. The van der Waals surface area contributed by atoms with Crippen LogP contribution in [0.15, 0.2) is 12.1 Å². The maximum absolute atomic E-state index is 12.9. The normalized spacial score (nSPS) is 8.82. The van der Waals surface area contributed by atoms with Gasteiger partial charge in [-0.2, -0.15) is 5.26 Å². The number of carbonyl (C=O) groups excluding carboxylic acids is 1. The molecule has 0 unspecified atom stereocenters. The highest BCUT2D eigenvalue weighted by atomic mass is 19.2. The molecule has 0 amide bonds. The predicted molar refractivity (Wildman–Crippen MR) is 54.6 cm³/mol. The number of nitriles is 1. The van der Waals surface area contributed by atoms with E-state index in [0.29, 0.717) is 0 Å². The minimum atomic E-state index is -1.14. The number of ether oxygens (including phenoxy) is 1. The Balaban J connectivity index is 3.11. The second-order valence-corrected chi connectivity index (χ2v) is 2.89. The van der Waals surface area contributed by atoms with Crippen LogP contribution < -0.4 is 0 Å². The molecule has 5 heteroatoms. The van der Waals surface area contributed by atoms with E-state index in [1.807, 2.05) is 0 Å². The Morgan fingerprint density at radius 1 is 1.35 bits per heavy atom. The molecule has 86 valence electrons. The fourth-order valence-corrected chi connectivity index (χ4v) is 1.03. The summed E-state index contributed by atoms with van der Waals surface area (Å²) in [5.41, 5.74) is -0.194. The van der Waals surface area contributed by atoms with Gasteiger partial charge in [-0.1, -0.05) is 5.92 Å². The number of rotatable bonds is 1. The molecule has 0 aliphatic heterocycles. The number of carbonyl (C=O) groups is 1. The van der Waals surface area contributed by atoms with Gasteiger partial charge in [-0.15, -0.1) is 0 Å². The molecule has 0 bridgehead atoms. The van der Waals surface area contributed by atoms with Crippen molar-refractivity contribution in [2.24, 2.45) is 0 Å². The molecule has 17 heavy (non-hydrogen) atoms. The molecule has 0 saturated carbocycles. The highest BCUT2D eigenvalue weighted by molar-refractivity contribution is 5.89. The van der Waals surface area contributed by atoms with Crippen molar-refractivity contribution >= 4 is 5.97 Å². The summed E-state index contributed by atoms with van der Waals surface area (Å²) in [6.45, 7) is 1.77. The molecule has 0 radical (unpaired) electrons. The molecule has 0 aliphatic carbocycles. The smallest absolute Gasteiger partial charge is 0.384 e. The fraction of sp³-hybridized carbons (Fsp3) is 0.167. The van der Waals surface area contributed by atoms with Gasteiger partial charge in [0.15, 0.2) is 11.6 Å². The topological polar surface area (TPSA) is 50.1 Å². The molecule has 0 aromatic heterocycles. The lowest BCUT2D eigenvalue weighted by Crippen LogP contribution is -2.00. The van der Waals surface area contributed by atoms with Crippen LogP contribution in [0.2, 0.25) is 0 Å². The molecule has 0 spiro atoms. The molecule has 0 atom stereocenters. The Bertz CT molecular complexity index is 550. The number of nitrogens with zero attached hydrogens (tertiary/aromatic N) is 1. The van der Waals surface area contributed by atoms with Crippen molar-refractivity contribution in [3.8, 4) is 17.9 Å². The number of benzene rings is 1. The van der Waals surface area contributed by atoms with E-state index in [-0.39, 0.29) is 17.7 Å². The second-order valence-electron chi connectivity index (χ2n) is 2.89. The van der Waals surface area contributed by atoms with Crippen molar-refractivity contribution in [1.82, 2.24) is 0 Å². The van der Waals surface area contributed by atoms with Crippen molar-refractivity contribution in [2.45, 2.75) is 6.92 Å². The van der Waals surface area contributed by atoms with Crippen molar-refractivity contribution in [1.29, 1.82) is 5.26 Å². The molecule has 0 heterocycles. The van der Waals surface area contributed by atoms with Gasteiger partial charge in [-0.3, -0.25) is 0 Å². The summed E-state index contributed by atoms with van der Waals surface area (Å²) in [5.74, 6) is 1.28. The first-order chi connectivity index (χ1) is 8.08. The number of halogens is 2. The van der Waals surface area contributed by atoms with Crippen LogP contribution in [0, 0.1) is 34.8 Å². The van der Waals surface area contributed by atoms with E-state index in [1.54, 1.807) is 13.0 Å². The second kappa shape index (κ2) is 5.62. The molecule has 0 N–H and O–H groups in total. The van der Waals surface area contributed by atoms with Gasteiger partial charge < -0.3 is 4.74 Å². The molecule has 0 aliphatic rings. The van der Waals surface area contributed by atoms with E-state index in [1.165, 1.54) is 0 Å². The third-order valence-corrected chi connectivity index (χ3v) is 1.76. The maximum Gasteiger partial charge on any atom is 0.384 e. The van der Waals surface area contributed by atoms with Crippen LogP contribution in [-0.4, -0.2) is 12.6 Å². The van der Waals surface area contributed by atoms with E-state index in [4.69, 9.17) is 5.26 Å². The first-order valence-corrected chi connectivity index (χ1v) is 4.66. The summed E-state index contributed by atoms with van der Waals surface area (Å²) in [5, 5.41) is 8.68. The molecular formula is C12H7F2NO2. The van der Waals surface area contributed by atoms with Crippen LogP contribution in [0.25, 0.3) is 0 Å². The van der Waals surface area contributed by atoms with Gasteiger partial charge in [-0.25, -0.2) is 13.6 Å². The first kappa shape index (κ1) is 12.7. The lowest BCUT2D eigenvalue weighted by molar-refractivity contribution is -0.136. The van der Waals surface area contributed by atoms with E-state index in [2.05, 4.69) is 16.6 Å². The first-order valence-electron chi connectivity index (χ1n) is 4.66. The van der Waals surface area contributed by atoms with Crippen molar-refractivity contribution in [3.05, 3.63) is 34.9 Å². The molecule has 0 saturated heterocycles. The van der Waals surface area contributed by atoms with Crippen LogP contribution in [0.1, 0.15) is 18.1 Å². The average Bonchev–Trinajstić information content (AvgIpc) is 2.30. The monoisotopic (exact) mass is 235 g/mol. The third kappa shape index (κ3) is 3.29. The van der Waals surface area contributed by atoms with Crippen LogP contribution in [0.3, 0.4) is 0 Å². The summed E-state index contributed by atoms with van der Waals surface area (Å²) in [6.07, 6.45) is 0. The number of hydrogen-bond acceptors (Lipinski definition) is 3. The summed E-state index contributed by atoms with van der Waals surface area (Å²) in [4.78, 5) is 10.9. The summed E-state index contributed by atoms with van der Waals surface area (Å²) in [6, 6.07) is 3.15. The molecule has 1 aromatic carbocycles. The quantitative estimate of drug-likeness (QED) is 0.550. The highest BCUT2D eigenvalue weighted by Gasteiger charge is 2.08. The highest BCUT2D eigenvalue weighted by Crippen LogP contribution is 2.13. The maximum atomic E-state index is 12.9. The number of hydrogen-bond donors (Lipinski definition) is 0. The molecule has 3 nitrogen and oxygen atoms in total. The minimum Gasteiger partial charge on any atom is -0.456 e. The van der Waals surface area contributed by atoms with E-state index < -0.39 is 17.6 Å².